The van der Waals surface area contributed by atoms with E-state index in [0.717, 1.165) is 23.8 Å². The third-order valence-electron chi connectivity index (χ3n) is 7.08. The van der Waals surface area contributed by atoms with Crippen LogP contribution in [0.4, 0.5) is 13.2 Å². The number of halogens is 3. The molecule has 1 heterocycles. The number of hydrogen-bond donors (Lipinski definition) is 1. The molecule has 6 nitrogen and oxygen atoms in total. The number of alkyl halides is 3. The van der Waals surface area contributed by atoms with Crippen LogP contribution in [0.3, 0.4) is 0 Å². The summed E-state index contributed by atoms with van der Waals surface area (Å²) in [5.74, 6) is -0.983. The van der Waals surface area contributed by atoms with Gasteiger partial charge in [-0.05, 0) is 60.8 Å². The Morgan fingerprint density at radius 2 is 1.79 bits per heavy atom. The van der Waals surface area contributed by atoms with Crippen LogP contribution in [-0.2, 0) is 11.3 Å². The van der Waals surface area contributed by atoms with E-state index in [-0.39, 0.29) is 28.8 Å². The van der Waals surface area contributed by atoms with Gasteiger partial charge in [-0.3, -0.25) is 14.3 Å². The molecule has 0 atom stereocenters. The van der Waals surface area contributed by atoms with Gasteiger partial charge in [0.05, 0.1) is 24.2 Å². The van der Waals surface area contributed by atoms with Crippen LogP contribution >= 0.6 is 0 Å². The average Bonchev–Trinajstić information content (AvgIpc) is 3.11. The van der Waals surface area contributed by atoms with Crippen LogP contribution in [0.25, 0.3) is 10.9 Å². The van der Waals surface area contributed by atoms with Crippen molar-refractivity contribution in [3.8, 4) is 5.75 Å². The summed E-state index contributed by atoms with van der Waals surface area (Å²) in [6, 6.07) is 11.0. The highest BCUT2D eigenvalue weighted by Gasteiger charge is 2.54. The first-order chi connectivity index (χ1) is 16.1. The van der Waals surface area contributed by atoms with Crippen LogP contribution in [0, 0.1) is 17.3 Å². The Labute approximate surface area is 193 Å². The largest absolute Gasteiger partial charge is 0.573 e. The van der Waals surface area contributed by atoms with E-state index in [1.54, 1.807) is 16.9 Å². The van der Waals surface area contributed by atoms with Crippen molar-refractivity contribution in [3.05, 3.63) is 59.8 Å². The molecule has 3 aromatic rings. The van der Waals surface area contributed by atoms with E-state index in [1.165, 1.54) is 24.3 Å². The van der Waals surface area contributed by atoms with Gasteiger partial charge >= 0.3 is 12.3 Å². The summed E-state index contributed by atoms with van der Waals surface area (Å²) in [5, 5.41) is 14.3. The molecule has 2 saturated carbocycles. The van der Waals surface area contributed by atoms with Crippen molar-refractivity contribution in [1.82, 2.24) is 9.78 Å². The van der Waals surface area contributed by atoms with Crippen molar-refractivity contribution in [3.63, 3.8) is 0 Å². The lowest BCUT2D eigenvalue weighted by Crippen LogP contribution is -2.50. The highest BCUT2D eigenvalue weighted by Crippen LogP contribution is 2.62. The number of aromatic nitrogens is 2. The van der Waals surface area contributed by atoms with Gasteiger partial charge in [0.15, 0.2) is 5.78 Å². The molecule has 1 N–H and O–H groups in total. The number of carbonyl (C=O) groups is 2. The summed E-state index contributed by atoms with van der Waals surface area (Å²) >= 11 is 0. The summed E-state index contributed by atoms with van der Waals surface area (Å²) < 4.78 is 42.8. The Kier molecular flexibility index (Phi) is 5.37. The molecular weight excluding hydrogens is 449 g/mol. The van der Waals surface area contributed by atoms with Crippen molar-refractivity contribution in [1.29, 1.82) is 0 Å². The van der Waals surface area contributed by atoms with Gasteiger partial charge in [-0.15, -0.1) is 13.2 Å². The topological polar surface area (TPSA) is 81.4 Å². The molecule has 9 heteroatoms. The molecule has 2 aromatic carbocycles. The van der Waals surface area contributed by atoms with Crippen molar-refractivity contribution < 1.29 is 32.6 Å². The number of fused-ring (bicyclic) bond motifs is 1. The van der Waals surface area contributed by atoms with Gasteiger partial charge in [0.1, 0.15) is 5.75 Å². The van der Waals surface area contributed by atoms with Gasteiger partial charge in [-0.2, -0.15) is 5.10 Å². The number of hydrogen-bond acceptors (Lipinski definition) is 4. The molecule has 0 radical (unpaired) electrons. The fourth-order valence-electron chi connectivity index (χ4n) is 5.63. The van der Waals surface area contributed by atoms with Gasteiger partial charge in [0, 0.05) is 17.4 Å². The molecule has 2 fully saturated rings. The van der Waals surface area contributed by atoms with Crippen LogP contribution < -0.4 is 4.74 Å². The van der Waals surface area contributed by atoms with Crippen LogP contribution in [0.5, 0.6) is 5.75 Å². The van der Waals surface area contributed by atoms with E-state index >= 15 is 0 Å². The lowest BCUT2D eigenvalue weighted by atomic mass is 9.47. The Bertz CT molecular complexity index is 1240. The van der Waals surface area contributed by atoms with Gasteiger partial charge in [0.2, 0.25) is 0 Å². The maximum absolute atomic E-state index is 13.2. The lowest BCUT2D eigenvalue weighted by Gasteiger charge is -2.56. The number of para-hydroxylation sites is 1. The van der Waals surface area contributed by atoms with Gasteiger partial charge < -0.3 is 9.84 Å². The third-order valence-corrected chi connectivity index (χ3v) is 7.08. The Balaban J connectivity index is 1.28. The van der Waals surface area contributed by atoms with Gasteiger partial charge in [-0.25, -0.2) is 0 Å². The second kappa shape index (κ2) is 8.14. The fourth-order valence-corrected chi connectivity index (χ4v) is 5.63. The van der Waals surface area contributed by atoms with Crippen LogP contribution in [0.1, 0.15) is 48.0 Å². The van der Waals surface area contributed by atoms with Crippen molar-refractivity contribution in [2.75, 3.05) is 0 Å². The number of carbonyl (C=O) groups excluding carboxylic acids is 1. The van der Waals surface area contributed by atoms with E-state index in [4.69, 9.17) is 5.11 Å². The summed E-state index contributed by atoms with van der Waals surface area (Å²) in [6.07, 6.45) is 0.545. The molecule has 0 unspecified atom stereocenters. The van der Waals surface area contributed by atoms with Gasteiger partial charge in [-0.1, -0.05) is 24.3 Å². The Morgan fingerprint density at radius 1 is 1.09 bits per heavy atom. The average molecular weight is 472 g/mol. The molecule has 0 bridgehead atoms. The number of carboxylic acids is 1. The molecule has 2 aliphatic rings. The lowest BCUT2D eigenvalue weighted by molar-refractivity contribution is -0.274. The van der Waals surface area contributed by atoms with E-state index in [9.17, 15) is 22.8 Å². The number of ether oxygens (including phenoxy) is 1. The van der Waals surface area contributed by atoms with Crippen molar-refractivity contribution in [2.45, 2.75) is 45.0 Å². The predicted molar refractivity (Wildman–Crippen MR) is 116 cm³/mol. The molecule has 34 heavy (non-hydrogen) atoms. The van der Waals surface area contributed by atoms with Crippen LogP contribution in [-0.4, -0.2) is 33.0 Å². The first-order valence-corrected chi connectivity index (χ1v) is 11.2. The summed E-state index contributed by atoms with van der Waals surface area (Å²) in [6.45, 7) is 0.295. The van der Waals surface area contributed by atoms with E-state index < -0.39 is 12.3 Å². The predicted octanol–water partition coefficient (Wildman–Crippen LogP) is 5.45. The highest BCUT2D eigenvalue weighted by atomic mass is 19.4. The minimum atomic E-state index is -4.74. The smallest absolute Gasteiger partial charge is 0.481 e. The molecule has 5 rings (SSSR count). The zero-order chi connectivity index (χ0) is 24.1. The molecule has 1 aromatic heterocycles. The molecular formula is C25H23F3N2O4. The highest BCUT2D eigenvalue weighted by molar-refractivity contribution is 6.07. The second-order valence-corrected chi connectivity index (χ2v) is 9.58. The maximum atomic E-state index is 13.2. The first kappa shape index (κ1) is 22.4. The molecule has 178 valence electrons. The molecule has 0 aliphatic heterocycles. The maximum Gasteiger partial charge on any atom is 0.573 e. The zero-order valence-corrected chi connectivity index (χ0v) is 18.2. The minimum Gasteiger partial charge on any atom is -0.481 e. The number of benzene rings is 2. The minimum absolute atomic E-state index is 0.0234. The summed E-state index contributed by atoms with van der Waals surface area (Å²) in [5.41, 5.74) is 2.11. The fraction of sp³-hybridized carbons (Fsp3) is 0.400. The number of rotatable bonds is 7. The monoisotopic (exact) mass is 472 g/mol. The number of aliphatic carboxylic acids is 1. The Morgan fingerprint density at radius 3 is 2.44 bits per heavy atom. The molecule has 0 amide bonds. The summed E-state index contributed by atoms with van der Waals surface area (Å²) in [4.78, 5) is 24.2. The summed E-state index contributed by atoms with van der Waals surface area (Å²) in [7, 11) is 0. The van der Waals surface area contributed by atoms with Crippen molar-refractivity contribution in [2.24, 2.45) is 17.3 Å². The molecule has 1 spiro atoms. The van der Waals surface area contributed by atoms with E-state index in [0.29, 0.717) is 36.9 Å². The first-order valence-electron chi connectivity index (χ1n) is 11.2. The zero-order valence-electron chi connectivity index (χ0n) is 18.2. The van der Waals surface area contributed by atoms with Crippen LogP contribution in [0.15, 0.2) is 48.7 Å². The van der Waals surface area contributed by atoms with E-state index in [2.05, 4.69) is 9.84 Å². The second-order valence-electron chi connectivity index (χ2n) is 9.58. The number of Topliss-reactive ketones (excluding diaryl/α,β-unsaturated/α-hetero) is 1. The number of ketones is 1. The SMILES string of the molecule is O=C(CC1CC2(C1)CC(C(=O)O)C2)c1cccc2cnn(Cc3ccc(OC(F)(F)F)cc3)c12. The molecule has 2 aliphatic carbocycles. The standard InChI is InChI=1S/C25H23F3N2O4/c26-25(27,28)34-19-6-4-15(5-7-19)14-30-22-17(13-29-30)2-1-3-20(22)21(31)8-16-9-24(10-16)11-18(12-24)23(32)33/h1-7,13,16,18H,8-12,14H2,(H,32,33). The number of nitrogens with zero attached hydrogens (tertiary/aromatic N) is 2. The third kappa shape index (κ3) is 4.38. The Hall–Kier alpha value is -3.36. The number of carboxylic acid groups (broad SMARTS) is 1. The van der Waals surface area contributed by atoms with Crippen LogP contribution in [0.2, 0.25) is 0 Å². The van der Waals surface area contributed by atoms with Gasteiger partial charge in [0.25, 0.3) is 0 Å². The normalized spacial score (nSPS) is 24.0. The molecule has 0 saturated heterocycles. The quantitative estimate of drug-likeness (QED) is 0.463. The van der Waals surface area contributed by atoms with E-state index in [1.807, 2.05) is 12.1 Å². The van der Waals surface area contributed by atoms with Crippen molar-refractivity contribution >= 4 is 22.7 Å².